The van der Waals surface area contributed by atoms with Crippen molar-refractivity contribution in [3.63, 3.8) is 0 Å². The molecule has 1 saturated heterocycles. The number of ketones is 1. The molecule has 0 aliphatic carbocycles. The van der Waals surface area contributed by atoms with Gasteiger partial charge in [0.05, 0.1) is 18.2 Å². The summed E-state index contributed by atoms with van der Waals surface area (Å²) in [6.45, 7) is 2.79. The minimum atomic E-state index is -0.764. The molecule has 7 nitrogen and oxygen atoms in total. The Balaban J connectivity index is 1.76. The van der Waals surface area contributed by atoms with Crippen LogP contribution in [-0.4, -0.2) is 38.3 Å². The van der Waals surface area contributed by atoms with Crippen LogP contribution in [0, 0.1) is 0 Å². The van der Waals surface area contributed by atoms with Crippen molar-refractivity contribution in [2.24, 2.45) is 0 Å². The van der Waals surface area contributed by atoms with Crippen molar-refractivity contribution in [1.82, 2.24) is 14.9 Å². The Morgan fingerprint density at radius 2 is 1.75 bits per heavy atom. The lowest BCUT2D eigenvalue weighted by molar-refractivity contribution is -0.140. The first-order valence-electron chi connectivity index (χ1n) is 10.4. The van der Waals surface area contributed by atoms with Gasteiger partial charge < -0.3 is 14.7 Å². The van der Waals surface area contributed by atoms with Crippen molar-refractivity contribution < 1.29 is 19.4 Å². The Kier molecular flexibility index (Phi) is 6.26. The van der Waals surface area contributed by atoms with Gasteiger partial charge in [0.1, 0.15) is 11.5 Å². The monoisotopic (exact) mass is 429 g/mol. The number of likely N-dealkylation sites (tertiary alicyclic amines) is 1. The van der Waals surface area contributed by atoms with Gasteiger partial charge in [-0.25, -0.2) is 0 Å². The van der Waals surface area contributed by atoms with Crippen molar-refractivity contribution in [2.75, 3.05) is 6.61 Å². The first kappa shape index (κ1) is 21.2. The van der Waals surface area contributed by atoms with Crippen molar-refractivity contribution in [1.29, 1.82) is 0 Å². The van der Waals surface area contributed by atoms with Gasteiger partial charge in [-0.05, 0) is 53.9 Å². The van der Waals surface area contributed by atoms with E-state index in [2.05, 4.69) is 9.97 Å². The normalized spacial score (nSPS) is 17.5. The molecule has 0 radical (unpaired) electrons. The van der Waals surface area contributed by atoms with Gasteiger partial charge in [-0.15, -0.1) is 0 Å². The van der Waals surface area contributed by atoms with Crippen LogP contribution in [0.2, 0.25) is 0 Å². The van der Waals surface area contributed by atoms with E-state index in [9.17, 15) is 14.7 Å². The van der Waals surface area contributed by atoms with E-state index in [0.717, 1.165) is 12.0 Å². The lowest BCUT2D eigenvalue weighted by Gasteiger charge is -2.25. The van der Waals surface area contributed by atoms with E-state index in [1.807, 2.05) is 13.0 Å². The highest BCUT2D eigenvalue weighted by molar-refractivity contribution is 6.46. The number of aliphatic hydroxyl groups excluding tert-OH is 1. The van der Waals surface area contributed by atoms with Gasteiger partial charge in [0.15, 0.2) is 0 Å². The standard InChI is InChI=1S/C25H23N3O4/c1-2-13-32-20-9-7-18(8-10-20)23(29)21-22(19-6-4-12-27-15-19)28(25(31)24(21)30)16-17-5-3-11-26-14-17/h3-12,14-15,22,29H,2,13,16H2,1H3/t22-/m0/s1. The van der Waals surface area contributed by atoms with E-state index < -0.39 is 17.7 Å². The van der Waals surface area contributed by atoms with Crippen LogP contribution in [0.15, 0.2) is 78.9 Å². The van der Waals surface area contributed by atoms with Crippen LogP contribution in [0.1, 0.15) is 36.1 Å². The lowest BCUT2D eigenvalue weighted by atomic mass is 9.96. The smallest absolute Gasteiger partial charge is 0.295 e. The molecule has 1 fully saturated rings. The molecule has 7 heteroatoms. The minimum Gasteiger partial charge on any atom is -0.507 e. The molecule has 0 unspecified atom stereocenters. The van der Waals surface area contributed by atoms with Crippen LogP contribution in [0.4, 0.5) is 0 Å². The number of carbonyl (C=O) groups is 2. The molecule has 1 N–H and O–H groups in total. The number of carbonyl (C=O) groups excluding carboxylic acids is 2. The Morgan fingerprint density at radius 3 is 2.38 bits per heavy atom. The largest absolute Gasteiger partial charge is 0.507 e. The fourth-order valence-corrected chi connectivity index (χ4v) is 3.70. The number of amides is 1. The number of aliphatic hydroxyl groups is 1. The number of nitrogens with zero attached hydrogens (tertiary/aromatic N) is 3. The Morgan fingerprint density at radius 1 is 1.03 bits per heavy atom. The van der Waals surface area contributed by atoms with Gasteiger partial charge >= 0.3 is 0 Å². The van der Waals surface area contributed by atoms with Crippen LogP contribution in [0.3, 0.4) is 0 Å². The number of rotatable bonds is 7. The molecular formula is C25H23N3O4. The second-order valence-electron chi connectivity index (χ2n) is 7.45. The van der Waals surface area contributed by atoms with E-state index in [4.69, 9.17) is 4.74 Å². The highest BCUT2D eigenvalue weighted by atomic mass is 16.5. The van der Waals surface area contributed by atoms with Gasteiger partial charge in [0.25, 0.3) is 11.7 Å². The molecule has 1 aliphatic rings. The van der Waals surface area contributed by atoms with E-state index in [1.54, 1.807) is 67.3 Å². The quantitative estimate of drug-likeness (QED) is 0.348. The van der Waals surface area contributed by atoms with Crippen LogP contribution in [0.5, 0.6) is 5.75 Å². The molecular weight excluding hydrogens is 406 g/mol. The molecule has 3 aromatic rings. The van der Waals surface area contributed by atoms with Crippen molar-refractivity contribution in [3.8, 4) is 5.75 Å². The summed E-state index contributed by atoms with van der Waals surface area (Å²) in [7, 11) is 0. The summed E-state index contributed by atoms with van der Waals surface area (Å²) in [5.41, 5.74) is 1.89. The van der Waals surface area contributed by atoms with Gasteiger partial charge in [-0.1, -0.05) is 19.1 Å². The van der Waals surface area contributed by atoms with Gasteiger partial charge in [0.2, 0.25) is 0 Å². The van der Waals surface area contributed by atoms with Crippen LogP contribution in [0.25, 0.3) is 5.76 Å². The van der Waals surface area contributed by atoms with Gasteiger partial charge in [-0.2, -0.15) is 0 Å². The molecule has 4 rings (SSSR count). The summed E-state index contributed by atoms with van der Waals surface area (Å²) in [6, 6.07) is 13.2. The van der Waals surface area contributed by atoms with Crippen molar-refractivity contribution >= 4 is 17.4 Å². The van der Waals surface area contributed by atoms with Gasteiger partial charge in [-0.3, -0.25) is 19.6 Å². The molecule has 1 amide bonds. The summed E-state index contributed by atoms with van der Waals surface area (Å²) in [4.78, 5) is 35.7. The number of benzene rings is 1. The van der Waals surface area contributed by atoms with Gasteiger partial charge in [0, 0.05) is 36.9 Å². The highest BCUT2D eigenvalue weighted by Gasteiger charge is 2.46. The average Bonchev–Trinajstić information content (AvgIpc) is 3.09. The summed E-state index contributed by atoms with van der Waals surface area (Å²) in [5.74, 6) is -0.962. The molecule has 0 saturated carbocycles. The SMILES string of the molecule is CCCOc1ccc(C(O)=C2C(=O)C(=O)N(Cc3cccnc3)[C@H]2c2cccnc2)cc1. The third kappa shape index (κ3) is 4.23. The number of hydrogen-bond donors (Lipinski definition) is 1. The summed E-state index contributed by atoms with van der Waals surface area (Å²) < 4.78 is 5.59. The van der Waals surface area contributed by atoms with Crippen molar-refractivity contribution in [2.45, 2.75) is 25.9 Å². The second kappa shape index (κ2) is 9.43. The van der Waals surface area contributed by atoms with Crippen LogP contribution < -0.4 is 4.74 Å². The molecule has 1 atom stereocenters. The molecule has 2 aromatic heterocycles. The minimum absolute atomic E-state index is 0.0362. The van der Waals surface area contributed by atoms with E-state index >= 15 is 0 Å². The molecule has 162 valence electrons. The first-order valence-corrected chi connectivity index (χ1v) is 10.4. The fraction of sp³-hybridized carbons (Fsp3) is 0.200. The zero-order valence-electron chi connectivity index (χ0n) is 17.6. The van der Waals surface area contributed by atoms with E-state index in [-0.39, 0.29) is 17.9 Å². The van der Waals surface area contributed by atoms with Crippen molar-refractivity contribution in [3.05, 3.63) is 95.6 Å². The fourth-order valence-electron chi connectivity index (χ4n) is 3.70. The molecule has 0 bridgehead atoms. The average molecular weight is 429 g/mol. The summed E-state index contributed by atoms with van der Waals surface area (Å²) in [6.07, 6.45) is 7.39. The lowest BCUT2D eigenvalue weighted by Crippen LogP contribution is -2.29. The summed E-state index contributed by atoms with van der Waals surface area (Å²) in [5, 5.41) is 11.1. The predicted molar refractivity (Wildman–Crippen MR) is 119 cm³/mol. The molecule has 0 spiro atoms. The molecule has 1 aliphatic heterocycles. The zero-order chi connectivity index (χ0) is 22.5. The number of ether oxygens (including phenoxy) is 1. The Hall–Kier alpha value is -4.00. The molecule has 32 heavy (non-hydrogen) atoms. The topological polar surface area (TPSA) is 92.6 Å². The zero-order valence-corrected chi connectivity index (χ0v) is 17.6. The number of Topliss-reactive ketones (excluding diaryl/α,β-unsaturated/α-hetero) is 1. The Bertz CT molecular complexity index is 1130. The van der Waals surface area contributed by atoms with Crippen LogP contribution >= 0.6 is 0 Å². The third-order valence-electron chi connectivity index (χ3n) is 5.22. The van der Waals surface area contributed by atoms with E-state index in [1.165, 1.54) is 4.90 Å². The molecule has 3 heterocycles. The predicted octanol–water partition coefficient (Wildman–Crippen LogP) is 3.89. The second-order valence-corrected chi connectivity index (χ2v) is 7.45. The van der Waals surface area contributed by atoms with E-state index in [0.29, 0.717) is 23.5 Å². The highest BCUT2D eigenvalue weighted by Crippen LogP contribution is 2.40. The summed E-state index contributed by atoms with van der Waals surface area (Å²) >= 11 is 0. The Labute approximate surface area is 186 Å². The molecule has 1 aromatic carbocycles. The third-order valence-corrected chi connectivity index (χ3v) is 5.22. The number of hydrogen-bond acceptors (Lipinski definition) is 6. The maximum Gasteiger partial charge on any atom is 0.295 e. The van der Waals surface area contributed by atoms with Crippen LogP contribution in [-0.2, 0) is 16.1 Å². The maximum atomic E-state index is 13.0. The number of aromatic nitrogens is 2. The number of pyridine rings is 2. The maximum absolute atomic E-state index is 13.0. The first-order chi connectivity index (χ1) is 15.6.